The number of amides is 1. The first-order valence-corrected chi connectivity index (χ1v) is 11.5. The van der Waals surface area contributed by atoms with Crippen LogP contribution in [-0.4, -0.2) is 50.4 Å². The average molecular weight is 464 g/mol. The number of nitrogens with zero attached hydrogens (tertiary/aromatic N) is 2. The number of nitrogens with one attached hydrogen (secondary N) is 1. The molecular weight excluding hydrogens is 438 g/mol. The Bertz CT molecular complexity index is 1130. The van der Waals surface area contributed by atoms with Gasteiger partial charge in [-0.3, -0.25) is 14.9 Å². The average Bonchev–Trinajstić information content (AvgIpc) is 3.29. The third-order valence-electron chi connectivity index (χ3n) is 5.40. The van der Waals surface area contributed by atoms with E-state index in [0.717, 1.165) is 4.31 Å². The lowest BCUT2D eigenvalue weighted by Gasteiger charge is -2.24. The van der Waals surface area contributed by atoms with Crippen LogP contribution in [0.15, 0.2) is 41.3 Å². The van der Waals surface area contributed by atoms with Crippen LogP contribution < -0.4 is 14.8 Å². The minimum absolute atomic E-state index is 0.0159. The Hall–Kier alpha value is -3.18. The van der Waals surface area contributed by atoms with Gasteiger partial charge in [-0.25, -0.2) is 8.42 Å². The lowest BCUT2D eigenvalue weighted by atomic mass is 10.1. The SMILES string of the molecule is CCc1ccc(NC(=O)C2CCCN2S(=O)(=O)c2ccc(OC)c(OC)c2)cc1[N+](=O)[O-]. The smallest absolute Gasteiger partial charge is 0.274 e. The quantitative estimate of drug-likeness (QED) is 0.471. The molecule has 0 spiro atoms. The van der Waals surface area contributed by atoms with Crippen molar-refractivity contribution >= 4 is 27.3 Å². The Kier molecular flexibility index (Phi) is 6.99. The molecular formula is C21H25N3O7S. The van der Waals surface area contributed by atoms with Gasteiger partial charge in [-0.05, 0) is 37.5 Å². The second-order valence-electron chi connectivity index (χ2n) is 7.23. The Morgan fingerprint density at radius 2 is 1.91 bits per heavy atom. The minimum atomic E-state index is -3.99. The van der Waals surface area contributed by atoms with Crippen molar-refractivity contribution in [2.45, 2.75) is 37.1 Å². The van der Waals surface area contributed by atoms with Crippen LogP contribution in [0.1, 0.15) is 25.3 Å². The minimum Gasteiger partial charge on any atom is -0.493 e. The van der Waals surface area contributed by atoms with Crippen molar-refractivity contribution in [2.24, 2.45) is 0 Å². The molecule has 2 aromatic carbocycles. The molecule has 1 heterocycles. The molecule has 1 fully saturated rings. The monoisotopic (exact) mass is 463 g/mol. The van der Waals surface area contributed by atoms with Gasteiger partial charge in [-0.2, -0.15) is 4.31 Å². The zero-order valence-corrected chi connectivity index (χ0v) is 18.8. The standard InChI is InChI=1S/C21H25N3O7S/c1-4-14-7-8-15(12-18(14)24(26)27)22-21(25)17-6-5-11-23(17)32(28,29)16-9-10-19(30-2)20(13-16)31-3/h7-10,12-13,17H,4-6,11H2,1-3H3,(H,22,25). The first-order valence-electron chi connectivity index (χ1n) is 10.0. The molecule has 2 aromatic rings. The number of anilines is 1. The lowest BCUT2D eigenvalue weighted by Crippen LogP contribution is -2.43. The fourth-order valence-electron chi connectivity index (χ4n) is 3.74. The number of methoxy groups -OCH3 is 2. The highest BCUT2D eigenvalue weighted by Crippen LogP contribution is 2.33. The maximum atomic E-state index is 13.3. The van der Waals surface area contributed by atoms with E-state index in [2.05, 4.69) is 5.32 Å². The Morgan fingerprint density at radius 3 is 2.53 bits per heavy atom. The summed E-state index contributed by atoms with van der Waals surface area (Å²) in [5.41, 5.74) is 0.701. The van der Waals surface area contributed by atoms with Crippen molar-refractivity contribution in [3.8, 4) is 11.5 Å². The molecule has 0 aliphatic carbocycles. The van der Waals surface area contributed by atoms with Crippen molar-refractivity contribution < 1.29 is 27.6 Å². The van der Waals surface area contributed by atoms with E-state index in [1.54, 1.807) is 19.1 Å². The van der Waals surface area contributed by atoms with Crippen molar-refractivity contribution in [1.29, 1.82) is 0 Å². The normalized spacial score (nSPS) is 16.5. The van der Waals surface area contributed by atoms with E-state index in [1.807, 2.05) is 0 Å². The van der Waals surface area contributed by atoms with E-state index >= 15 is 0 Å². The fraction of sp³-hybridized carbons (Fsp3) is 0.381. The van der Waals surface area contributed by atoms with Gasteiger partial charge in [0.15, 0.2) is 11.5 Å². The molecule has 0 radical (unpaired) electrons. The summed E-state index contributed by atoms with van der Waals surface area (Å²) in [6.07, 6.45) is 1.33. The largest absolute Gasteiger partial charge is 0.493 e. The molecule has 0 bridgehead atoms. The topological polar surface area (TPSA) is 128 Å². The van der Waals surface area contributed by atoms with Gasteiger partial charge in [0.25, 0.3) is 5.69 Å². The molecule has 0 saturated carbocycles. The molecule has 172 valence electrons. The van der Waals surface area contributed by atoms with E-state index in [1.165, 1.54) is 38.5 Å². The lowest BCUT2D eigenvalue weighted by molar-refractivity contribution is -0.385. The predicted molar refractivity (Wildman–Crippen MR) is 118 cm³/mol. The number of carbonyl (C=O) groups is 1. The summed E-state index contributed by atoms with van der Waals surface area (Å²) in [5.74, 6) is 0.112. The summed E-state index contributed by atoms with van der Waals surface area (Å²) in [7, 11) is -1.13. The van der Waals surface area contributed by atoms with Gasteiger partial charge in [0.2, 0.25) is 15.9 Å². The Labute approximate surface area is 186 Å². The van der Waals surface area contributed by atoms with Crippen LogP contribution in [0.2, 0.25) is 0 Å². The summed E-state index contributed by atoms with van der Waals surface area (Å²) >= 11 is 0. The number of nitro benzene ring substituents is 1. The van der Waals surface area contributed by atoms with Crippen LogP contribution in [-0.2, 0) is 21.2 Å². The summed E-state index contributed by atoms with van der Waals surface area (Å²) in [6.45, 7) is 1.99. The van der Waals surface area contributed by atoms with Crippen LogP contribution >= 0.6 is 0 Å². The third-order valence-corrected chi connectivity index (χ3v) is 7.30. The number of hydrogen-bond acceptors (Lipinski definition) is 7. The van der Waals surface area contributed by atoms with E-state index in [9.17, 15) is 23.3 Å². The van der Waals surface area contributed by atoms with Crippen LogP contribution in [0.4, 0.5) is 11.4 Å². The van der Waals surface area contributed by atoms with Gasteiger partial charge in [0.05, 0.1) is 24.0 Å². The zero-order chi connectivity index (χ0) is 23.5. The molecule has 0 aromatic heterocycles. The molecule has 1 N–H and O–H groups in total. The van der Waals surface area contributed by atoms with Crippen LogP contribution in [0.3, 0.4) is 0 Å². The van der Waals surface area contributed by atoms with Crippen LogP contribution in [0.25, 0.3) is 0 Å². The van der Waals surface area contributed by atoms with Crippen molar-refractivity contribution in [2.75, 3.05) is 26.1 Å². The maximum Gasteiger partial charge on any atom is 0.274 e. The van der Waals surface area contributed by atoms with Gasteiger partial charge in [0.1, 0.15) is 6.04 Å². The van der Waals surface area contributed by atoms with Gasteiger partial charge >= 0.3 is 0 Å². The molecule has 1 aliphatic rings. The van der Waals surface area contributed by atoms with Crippen LogP contribution in [0.5, 0.6) is 11.5 Å². The van der Waals surface area contributed by atoms with Gasteiger partial charge in [0, 0.05) is 29.9 Å². The number of aryl methyl sites for hydroxylation is 1. The summed E-state index contributed by atoms with van der Waals surface area (Å²) < 4.78 is 38.0. The highest BCUT2D eigenvalue weighted by Gasteiger charge is 2.40. The molecule has 1 amide bonds. The third kappa shape index (κ3) is 4.53. The van der Waals surface area contributed by atoms with Gasteiger partial charge in [-0.15, -0.1) is 0 Å². The summed E-state index contributed by atoms with van der Waals surface area (Å²) in [6, 6.07) is 7.76. The van der Waals surface area contributed by atoms with E-state index < -0.39 is 26.9 Å². The summed E-state index contributed by atoms with van der Waals surface area (Å²) in [5, 5.41) is 13.9. The van der Waals surface area contributed by atoms with Crippen LogP contribution in [0, 0.1) is 10.1 Å². The molecule has 1 unspecified atom stereocenters. The van der Waals surface area contributed by atoms with E-state index in [0.29, 0.717) is 30.6 Å². The second kappa shape index (κ2) is 9.53. The predicted octanol–water partition coefficient (Wildman–Crippen LogP) is 2.97. The molecule has 10 nitrogen and oxygen atoms in total. The van der Waals surface area contributed by atoms with Gasteiger partial charge < -0.3 is 14.8 Å². The van der Waals surface area contributed by atoms with Crippen molar-refractivity contribution in [3.63, 3.8) is 0 Å². The second-order valence-corrected chi connectivity index (χ2v) is 9.12. The van der Waals surface area contributed by atoms with Crippen molar-refractivity contribution in [1.82, 2.24) is 4.31 Å². The number of benzene rings is 2. The molecule has 1 saturated heterocycles. The maximum absolute atomic E-state index is 13.3. The van der Waals surface area contributed by atoms with E-state index in [4.69, 9.17) is 9.47 Å². The molecule has 1 aliphatic heterocycles. The zero-order valence-electron chi connectivity index (χ0n) is 18.0. The molecule has 11 heteroatoms. The first-order chi connectivity index (χ1) is 15.2. The molecule has 3 rings (SSSR count). The van der Waals surface area contributed by atoms with Gasteiger partial charge in [-0.1, -0.05) is 13.0 Å². The Balaban J connectivity index is 1.86. The molecule has 32 heavy (non-hydrogen) atoms. The number of nitro groups is 1. The number of sulfonamides is 1. The van der Waals surface area contributed by atoms with E-state index in [-0.39, 0.29) is 28.6 Å². The summed E-state index contributed by atoms with van der Waals surface area (Å²) in [4.78, 5) is 23.7. The number of ether oxygens (including phenoxy) is 2. The van der Waals surface area contributed by atoms with Crippen molar-refractivity contribution in [3.05, 3.63) is 52.1 Å². The fourth-order valence-corrected chi connectivity index (χ4v) is 5.41. The number of rotatable bonds is 8. The first kappa shape index (κ1) is 23.5. The molecule has 1 atom stereocenters. The number of hydrogen-bond donors (Lipinski definition) is 1. The number of carbonyl (C=O) groups excluding carboxylic acids is 1. The Morgan fingerprint density at radius 1 is 1.19 bits per heavy atom. The highest BCUT2D eigenvalue weighted by atomic mass is 32.2. The highest BCUT2D eigenvalue weighted by molar-refractivity contribution is 7.89.